The summed E-state index contributed by atoms with van der Waals surface area (Å²) in [5, 5.41) is 11.8. The summed E-state index contributed by atoms with van der Waals surface area (Å²) in [6, 6.07) is 12.8. The third-order valence-electron chi connectivity index (χ3n) is 3.71. The molecule has 0 atom stereocenters. The molecule has 0 spiro atoms. The van der Waals surface area contributed by atoms with Gasteiger partial charge in [-0.1, -0.05) is 12.1 Å². The molecule has 2 aromatic carbocycles. The fourth-order valence-electron chi connectivity index (χ4n) is 2.56. The van der Waals surface area contributed by atoms with Crippen LogP contribution in [0.5, 0.6) is 17.2 Å². The number of anilines is 1. The first-order valence-electron chi connectivity index (χ1n) is 7.98. The minimum absolute atomic E-state index is 0.493. The van der Waals surface area contributed by atoms with Crippen LogP contribution in [0.15, 0.2) is 42.5 Å². The van der Waals surface area contributed by atoms with Gasteiger partial charge in [0, 0.05) is 6.08 Å². The predicted octanol–water partition coefficient (Wildman–Crippen LogP) is 3.63. The number of nitrogens with zero attached hydrogens (tertiary/aromatic N) is 1. The lowest BCUT2D eigenvalue weighted by atomic mass is 9.96. The largest absolute Gasteiger partial charge is 0.495 e. The number of allylic oxidation sites excluding steroid dienone is 1. The maximum atomic E-state index is 10.8. The van der Waals surface area contributed by atoms with Crippen LogP contribution in [0.4, 0.5) is 5.69 Å². The van der Waals surface area contributed by atoms with Gasteiger partial charge in [-0.3, -0.25) is 4.79 Å². The molecule has 0 aromatic heterocycles. The smallest absolute Gasteiger partial charge is 0.211 e. The van der Waals surface area contributed by atoms with Crippen LogP contribution in [-0.2, 0) is 4.79 Å². The Morgan fingerprint density at radius 1 is 1.08 bits per heavy atom. The molecule has 0 fully saturated rings. The summed E-state index contributed by atoms with van der Waals surface area (Å²) in [7, 11) is 3.10. The van der Waals surface area contributed by atoms with Crippen molar-refractivity contribution in [2.75, 3.05) is 26.1 Å². The number of hydrogen-bond acceptors (Lipinski definition) is 5. The summed E-state index contributed by atoms with van der Waals surface area (Å²) in [5.74, 6) is 1.74. The van der Waals surface area contributed by atoms with E-state index in [1.54, 1.807) is 25.3 Å². The van der Waals surface area contributed by atoms with E-state index in [0.29, 0.717) is 41.5 Å². The van der Waals surface area contributed by atoms with Crippen molar-refractivity contribution in [2.24, 2.45) is 0 Å². The lowest BCUT2D eigenvalue weighted by Gasteiger charge is -2.14. The van der Waals surface area contributed by atoms with E-state index in [4.69, 9.17) is 14.2 Å². The van der Waals surface area contributed by atoms with E-state index in [0.717, 1.165) is 11.1 Å². The van der Waals surface area contributed by atoms with Crippen molar-refractivity contribution in [1.82, 2.24) is 0 Å². The van der Waals surface area contributed by atoms with Gasteiger partial charge in [0.1, 0.15) is 5.75 Å². The third-order valence-corrected chi connectivity index (χ3v) is 3.71. The maximum absolute atomic E-state index is 10.8. The van der Waals surface area contributed by atoms with Crippen LogP contribution in [0.1, 0.15) is 18.1 Å². The molecular formula is C20H20N2O4. The number of amides is 1. The van der Waals surface area contributed by atoms with E-state index in [2.05, 4.69) is 11.4 Å². The van der Waals surface area contributed by atoms with Crippen molar-refractivity contribution in [3.63, 3.8) is 0 Å². The molecule has 6 nitrogen and oxygen atoms in total. The molecule has 0 aliphatic carbocycles. The number of hydrogen-bond donors (Lipinski definition) is 1. The Morgan fingerprint density at radius 2 is 1.73 bits per heavy atom. The van der Waals surface area contributed by atoms with Crippen molar-refractivity contribution >= 4 is 17.7 Å². The molecule has 0 radical (unpaired) electrons. The summed E-state index contributed by atoms with van der Waals surface area (Å²) in [4.78, 5) is 10.8. The molecule has 6 heteroatoms. The highest BCUT2D eigenvalue weighted by molar-refractivity contribution is 5.86. The molecule has 0 aliphatic heterocycles. The standard InChI is InChI=1S/C20H20N2O4/c1-4-26-20-12-15(6-8-19(20)25-3)16(9-10-21)14-5-7-18(24-2)17(11-14)22-13-23/h5-9,11-13H,4H2,1-3H3,(H,22,23)/b16-9+. The van der Waals surface area contributed by atoms with Crippen molar-refractivity contribution in [1.29, 1.82) is 5.26 Å². The Labute approximate surface area is 152 Å². The number of nitriles is 1. The average molecular weight is 352 g/mol. The average Bonchev–Trinajstić information content (AvgIpc) is 2.66. The highest BCUT2D eigenvalue weighted by Gasteiger charge is 2.13. The van der Waals surface area contributed by atoms with Crippen LogP contribution in [0.3, 0.4) is 0 Å². The Bertz CT molecular complexity index is 853. The van der Waals surface area contributed by atoms with Crippen molar-refractivity contribution < 1.29 is 19.0 Å². The molecule has 2 rings (SSSR count). The van der Waals surface area contributed by atoms with Gasteiger partial charge >= 0.3 is 0 Å². The second-order valence-corrected chi connectivity index (χ2v) is 5.16. The van der Waals surface area contributed by atoms with Crippen molar-refractivity contribution in [3.05, 3.63) is 53.6 Å². The van der Waals surface area contributed by atoms with Crippen LogP contribution in [0.2, 0.25) is 0 Å². The second-order valence-electron chi connectivity index (χ2n) is 5.16. The number of nitrogens with one attached hydrogen (secondary N) is 1. The van der Waals surface area contributed by atoms with Crippen molar-refractivity contribution in [3.8, 4) is 23.3 Å². The molecule has 134 valence electrons. The summed E-state index contributed by atoms with van der Waals surface area (Å²) >= 11 is 0. The zero-order valence-electron chi connectivity index (χ0n) is 14.9. The lowest BCUT2D eigenvalue weighted by molar-refractivity contribution is -0.105. The third kappa shape index (κ3) is 4.14. The SMILES string of the molecule is CCOc1cc(/C(=C/C#N)c2ccc(OC)c(NC=O)c2)ccc1OC. The van der Waals surface area contributed by atoms with E-state index in [-0.39, 0.29) is 0 Å². The normalized spacial score (nSPS) is 10.6. The molecule has 1 amide bonds. The molecule has 0 saturated carbocycles. The highest BCUT2D eigenvalue weighted by atomic mass is 16.5. The van der Waals surface area contributed by atoms with Crippen LogP contribution >= 0.6 is 0 Å². The molecule has 0 aliphatic rings. The Balaban J connectivity index is 2.55. The first kappa shape index (κ1) is 18.9. The second kappa shape index (κ2) is 9.14. The Morgan fingerprint density at radius 3 is 2.31 bits per heavy atom. The fourth-order valence-corrected chi connectivity index (χ4v) is 2.56. The van der Waals surface area contributed by atoms with E-state index in [9.17, 15) is 10.1 Å². The highest BCUT2D eigenvalue weighted by Crippen LogP contribution is 2.35. The van der Waals surface area contributed by atoms with Crippen LogP contribution in [0.25, 0.3) is 5.57 Å². The number of benzene rings is 2. The summed E-state index contributed by atoms with van der Waals surface area (Å²) in [6.45, 7) is 2.38. The molecule has 26 heavy (non-hydrogen) atoms. The molecule has 0 saturated heterocycles. The van der Waals surface area contributed by atoms with Gasteiger partial charge in [-0.2, -0.15) is 5.26 Å². The van der Waals surface area contributed by atoms with Crippen LogP contribution in [-0.4, -0.2) is 27.2 Å². The van der Waals surface area contributed by atoms with Gasteiger partial charge in [-0.15, -0.1) is 0 Å². The molecule has 0 heterocycles. The van der Waals surface area contributed by atoms with Gasteiger partial charge < -0.3 is 19.5 Å². The number of rotatable bonds is 8. The van der Waals surface area contributed by atoms with E-state index < -0.39 is 0 Å². The number of carbonyl (C=O) groups is 1. The topological polar surface area (TPSA) is 80.6 Å². The minimum atomic E-state index is 0.493. The van der Waals surface area contributed by atoms with Gasteiger partial charge in [0.2, 0.25) is 6.41 Å². The van der Waals surface area contributed by atoms with Gasteiger partial charge in [-0.25, -0.2) is 0 Å². The quantitative estimate of drug-likeness (QED) is 0.580. The van der Waals surface area contributed by atoms with Crippen molar-refractivity contribution in [2.45, 2.75) is 6.92 Å². The van der Waals surface area contributed by atoms with Gasteiger partial charge in [0.15, 0.2) is 11.5 Å². The molecule has 2 aromatic rings. The monoisotopic (exact) mass is 352 g/mol. The first-order chi connectivity index (χ1) is 12.7. The zero-order valence-corrected chi connectivity index (χ0v) is 14.9. The van der Waals surface area contributed by atoms with Crippen LogP contribution < -0.4 is 19.5 Å². The summed E-state index contributed by atoms with van der Waals surface area (Å²) < 4.78 is 16.2. The zero-order chi connectivity index (χ0) is 18.9. The summed E-state index contributed by atoms with van der Waals surface area (Å²) in [6.07, 6.45) is 2.03. The van der Waals surface area contributed by atoms with Gasteiger partial charge in [0.05, 0.1) is 32.6 Å². The van der Waals surface area contributed by atoms with E-state index in [1.807, 2.05) is 25.1 Å². The van der Waals surface area contributed by atoms with E-state index in [1.165, 1.54) is 13.2 Å². The molecule has 0 bridgehead atoms. The predicted molar refractivity (Wildman–Crippen MR) is 99.5 cm³/mol. The minimum Gasteiger partial charge on any atom is -0.495 e. The summed E-state index contributed by atoms with van der Waals surface area (Å²) in [5.41, 5.74) is 2.75. The Kier molecular flexibility index (Phi) is 6.63. The number of ether oxygens (including phenoxy) is 3. The number of methoxy groups -OCH3 is 2. The number of carbonyl (C=O) groups excluding carboxylic acids is 1. The lowest BCUT2D eigenvalue weighted by Crippen LogP contribution is -2.00. The molecule has 0 unspecified atom stereocenters. The molecular weight excluding hydrogens is 332 g/mol. The van der Waals surface area contributed by atoms with Crippen LogP contribution in [0, 0.1) is 11.3 Å². The van der Waals surface area contributed by atoms with Gasteiger partial charge in [-0.05, 0) is 47.9 Å². The molecule has 1 N–H and O–H groups in total. The van der Waals surface area contributed by atoms with E-state index >= 15 is 0 Å². The fraction of sp³-hybridized carbons (Fsp3) is 0.200. The van der Waals surface area contributed by atoms with Gasteiger partial charge in [0.25, 0.3) is 0 Å². The Hall–Kier alpha value is -3.46. The first-order valence-corrected chi connectivity index (χ1v) is 7.98. The maximum Gasteiger partial charge on any atom is 0.211 e.